The molecule has 1 aromatic rings. The zero-order valence-corrected chi connectivity index (χ0v) is 11.2. The van der Waals surface area contributed by atoms with Gasteiger partial charge in [-0.1, -0.05) is 44.2 Å². The van der Waals surface area contributed by atoms with E-state index < -0.39 is 0 Å². The highest BCUT2D eigenvalue weighted by molar-refractivity contribution is 5.89. The summed E-state index contributed by atoms with van der Waals surface area (Å²) in [4.78, 5) is 11.4. The Balaban J connectivity index is 2.05. The zero-order chi connectivity index (χ0) is 12.8. The lowest BCUT2D eigenvalue weighted by atomic mass is 9.86. The van der Waals surface area contributed by atoms with Gasteiger partial charge < -0.3 is 4.74 Å². The summed E-state index contributed by atoms with van der Waals surface area (Å²) in [6.07, 6.45) is 9.39. The highest BCUT2D eigenvalue weighted by atomic mass is 16.5. The second-order valence-corrected chi connectivity index (χ2v) is 5.16. The number of benzene rings is 1. The number of hydrogen-bond donors (Lipinski definition) is 0. The number of esters is 1. The van der Waals surface area contributed by atoms with Gasteiger partial charge in [0.1, 0.15) is 0 Å². The van der Waals surface area contributed by atoms with E-state index in [1.165, 1.54) is 57.6 Å². The van der Waals surface area contributed by atoms with Crippen molar-refractivity contribution in [2.45, 2.75) is 50.9 Å². The van der Waals surface area contributed by atoms with Crippen LogP contribution in [0.2, 0.25) is 0 Å². The van der Waals surface area contributed by atoms with Gasteiger partial charge >= 0.3 is 5.97 Å². The lowest BCUT2D eigenvalue weighted by Crippen LogP contribution is -2.04. The van der Waals surface area contributed by atoms with Crippen molar-refractivity contribution < 1.29 is 9.53 Å². The number of methoxy groups -OCH3 is 1. The smallest absolute Gasteiger partial charge is 0.337 e. The van der Waals surface area contributed by atoms with E-state index in [0.29, 0.717) is 11.5 Å². The highest BCUT2D eigenvalue weighted by Gasteiger charge is 2.14. The molecule has 0 bridgehead atoms. The van der Waals surface area contributed by atoms with Crippen molar-refractivity contribution in [1.29, 1.82) is 0 Å². The van der Waals surface area contributed by atoms with Crippen LogP contribution in [0, 0.1) is 0 Å². The van der Waals surface area contributed by atoms with E-state index in [-0.39, 0.29) is 5.97 Å². The SMILES string of the molecule is COC(=O)c1ccc(C2CCCCCCC2)cc1. The predicted octanol–water partition coefficient (Wildman–Crippen LogP) is 4.30. The fourth-order valence-electron chi connectivity index (χ4n) is 2.80. The normalized spacial score (nSPS) is 17.8. The van der Waals surface area contributed by atoms with Gasteiger partial charge in [-0.3, -0.25) is 0 Å². The van der Waals surface area contributed by atoms with E-state index in [1.807, 2.05) is 12.1 Å². The maximum absolute atomic E-state index is 11.4. The molecule has 0 unspecified atom stereocenters. The summed E-state index contributed by atoms with van der Waals surface area (Å²) in [5.74, 6) is 0.427. The van der Waals surface area contributed by atoms with E-state index in [1.54, 1.807) is 0 Å². The van der Waals surface area contributed by atoms with Crippen LogP contribution in [-0.2, 0) is 4.74 Å². The summed E-state index contributed by atoms with van der Waals surface area (Å²) in [7, 11) is 1.42. The fraction of sp³-hybridized carbons (Fsp3) is 0.562. The topological polar surface area (TPSA) is 26.3 Å². The van der Waals surface area contributed by atoms with Crippen molar-refractivity contribution in [3.05, 3.63) is 35.4 Å². The van der Waals surface area contributed by atoms with Gasteiger partial charge in [0, 0.05) is 0 Å². The summed E-state index contributed by atoms with van der Waals surface area (Å²) in [5, 5.41) is 0. The van der Waals surface area contributed by atoms with E-state index in [9.17, 15) is 4.79 Å². The molecule has 1 aromatic carbocycles. The molecule has 98 valence electrons. The molecule has 0 aromatic heterocycles. The summed E-state index contributed by atoms with van der Waals surface area (Å²) < 4.78 is 4.72. The molecule has 1 aliphatic carbocycles. The van der Waals surface area contributed by atoms with Gasteiger partial charge in [0.25, 0.3) is 0 Å². The molecule has 0 atom stereocenters. The summed E-state index contributed by atoms with van der Waals surface area (Å²) in [6, 6.07) is 7.97. The molecule has 2 rings (SSSR count). The molecular weight excluding hydrogens is 224 g/mol. The molecule has 2 nitrogen and oxygen atoms in total. The average Bonchev–Trinajstić information content (AvgIpc) is 2.38. The Morgan fingerprint density at radius 3 is 2.11 bits per heavy atom. The van der Waals surface area contributed by atoms with Crippen LogP contribution in [0.25, 0.3) is 0 Å². The van der Waals surface area contributed by atoms with Gasteiger partial charge in [0.05, 0.1) is 12.7 Å². The highest BCUT2D eigenvalue weighted by Crippen LogP contribution is 2.30. The first-order valence-corrected chi connectivity index (χ1v) is 6.99. The minimum Gasteiger partial charge on any atom is -0.465 e. The van der Waals surface area contributed by atoms with E-state index in [2.05, 4.69) is 12.1 Å². The van der Waals surface area contributed by atoms with Crippen LogP contribution in [-0.4, -0.2) is 13.1 Å². The van der Waals surface area contributed by atoms with E-state index >= 15 is 0 Å². The lowest BCUT2D eigenvalue weighted by Gasteiger charge is -2.20. The van der Waals surface area contributed by atoms with Crippen LogP contribution >= 0.6 is 0 Å². The number of carbonyl (C=O) groups excluding carboxylic acids is 1. The summed E-state index contributed by atoms with van der Waals surface area (Å²) in [5.41, 5.74) is 2.02. The number of carbonyl (C=O) groups is 1. The van der Waals surface area contributed by atoms with Crippen LogP contribution in [0.15, 0.2) is 24.3 Å². The molecule has 1 fully saturated rings. The Morgan fingerprint density at radius 1 is 1.00 bits per heavy atom. The molecule has 2 heteroatoms. The zero-order valence-electron chi connectivity index (χ0n) is 11.2. The van der Waals surface area contributed by atoms with Crippen molar-refractivity contribution in [3.8, 4) is 0 Å². The molecular formula is C16H22O2. The molecule has 0 saturated heterocycles. The Labute approximate surface area is 109 Å². The van der Waals surface area contributed by atoms with Crippen LogP contribution in [0.5, 0.6) is 0 Å². The van der Waals surface area contributed by atoms with E-state index in [0.717, 1.165) is 0 Å². The van der Waals surface area contributed by atoms with Crippen LogP contribution < -0.4 is 0 Å². The quantitative estimate of drug-likeness (QED) is 0.727. The Bertz CT molecular complexity index is 373. The number of hydrogen-bond acceptors (Lipinski definition) is 2. The molecule has 0 aliphatic heterocycles. The third kappa shape index (κ3) is 3.34. The maximum atomic E-state index is 11.4. The Hall–Kier alpha value is -1.31. The number of ether oxygens (including phenoxy) is 1. The third-order valence-electron chi connectivity index (χ3n) is 3.91. The maximum Gasteiger partial charge on any atom is 0.337 e. The largest absolute Gasteiger partial charge is 0.465 e. The third-order valence-corrected chi connectivity index (χ3v) is 3.91. The van der Waals surface area contributed by atoms with Crippen molar-refractivity contribution in [3.63, 3.8) is 0 Å². The first-order chi connectivity index (χ1) is 8.81. The second kappa shape index (κ2) is 6.58. The Morgan fingerprint density at radius 2 is 1.56 bits per heavy atom. The minimum atomic E-state index is -0.251. The molecule has 0 spiro atoms. The first-order valence-electron chi connectivity index (χ1n) is 6.99. The molecule has 0 amide bonds. The van der Waals surface area contributed by atoms with Crippen LogP contribution in [0.4, 0.5) is 0 Å². The van der Waals surface area contributed by atoms with Gasteiger partial charge in [0.15, 0.2) is 0 Å². The summed E-state index contributed by atoms with van der Waals surface area (Å²) in [6.45, 7) is 0. The molecule has 1 saturated carbocycles. The van der Waals surface area contributed by atoms with Crippen molar-refractivity contribution in [2.75, 3.05) is 7.11 Å². The molecule has 0 N–H and O–H groups in total. The van der Waals surface area contributed by atoms with Gasteiger partial charge in [0.2, 0.25) is 0 Å². The van der Waals surface area contributed by atoms with Gasteiger partial charge in [-0.15, -0.1) is 0 Å². The summed E-state index contributed by atoms with van der Waals surface area (Å²) >= 11 is 0. The lowest BCUT2D eigenvalue weighted by molar-refractivity contribution is 0.0600. The molecule has 0 radical (unpaired) electrons. The first kappa shape index (κ1) is 13.1. The average molecular weight is 246 g/mol. The van der Waals surface area contributed by atoms with Crippen LogP contribution in [0.3, 0.4) is 0 Å². The predicted molar refractivity (Wildman–Crippen MR) is 72.8 cm³/mol. The second-order valence-electron chi connectivity index (χ2n) is 5.16. The van der Waals surface area contributed by atoms with Gasteiger partial charge in [-0.05, 0) is 36.5 Å². The standard InChI is InChI=1S/C16H22O2/c1-18-16(17)15-11-9-14(10-12-15)13-7-5-3-2-4-6-8-13/h9-13H,2-8H2,1H3. The van der Waals surface area contributed by atoms with Crippen molar-refractivity contribution in [1.82, 2.24) is 0 Å². The molecule has 0 heterocycles. The Kier molecular flexibility index (Phi) is 4.80. The molecule has 18 heavy (non-hydrogen) atoms. The van der Waals surface area contributed by atoms with Crippen molar-refractivity contribution in [2.24, 2.45) is 0 Å². The van der Waals surface area contributed by atoms with Crippen molar-refractivity contribution >= 4 is 5.97 Å². The minimum absolute atomic E-state index is 0.251. The van der Waals surface area contributed by atoms with Crippen LogP contribution in [0.1, 0.15) is 66.8 Å². The number of rotatable bonds is 2. The van der Waals surface area contributed by atoms with Gasteiger partial charge in [-0.25, -0.2) is 4.79 Å². The monoisotopic (exact) mass is 246 g/mol. The van der Waals surface area contributed by atoms with Gasteiger partial charge in [-0.2, -0.15) is 0 Å². The fourth-order valence-corrected chi connectivity index (χ4v) is 2.80. The molecule has 1 aliphatic rings. The van der Waals surface area contributed by atoms with E-state index in [4.69, 9.17) is 4.74 Å².